The molecule has 104 valence electrons. The number of phosphoric acid groups is 1. The van der Waals surface area contributed by atoms with Crippen LogP contribution in [0.3, 0.4) is 0 Å². The van der Waals surface area contributed by atoms with Crippen LogP contribution in [0.4, 0.5) is 0 Å². The van der Waals surface area contributed by atoms with Gasteiger partial charge in [-0.3, -0.25) is 4.52 Å². The standard InChI is InChI=1S/C10H23O6P/c1-4-7-9-12-15-17(11,14-6-3)16-13-10-8-5-2/h4-10H2,1-3H3. The molecule has 0 radical (unpaired) electrons. The number of rotatable bonds is 12. The summed E-state index contributed by atoms with van der Waals surface area (Å²) in [7, 11) is -3.74. The van der Waals surface area contributed by atoms with E-state index in [2.05, 4.69) is 9.35 Å². The van der Waals surface area contributed by atoms with Gasteiger partial charge >= 0.3 is 7.82 Å². The molecule has 0 heterocycles. The lowest BCUT2D eigenvalue weighted by Crippen LogP contribution is -2.04. The molecule has 0 aliphatic rings. The van der Waals surface area contributed by atoms with Crippen LogP contribution in [0.25, 0.3) is 0 Å². The Hall–Kier alpha value is 0.0300. The van der Waals surface area contributed by atoms with Crippen LogP contribution < -0.4 is 0 Å². The molecule has 0 aromatic carbocycles. The van der Waals surface area contributed by atoms with Crippen LogP contribution in [-0.2, 0) is 28.2 Å². The van der Waals surface area contributed by atoms with Crippen molar-refractivity contribution in [1.29, 1.82) is 0 Å². The Balaban J connectivity index is 3.85. The highest BCUT2D eigenvalue weighted by molar-refractivity contribution is 7.48. The fraction of sp³-hybridized carbons (Fsp3) is 1.00. The summed E-state index contributed by atoms with van der Waals surface area (Å²) >= 11 is 0. The van der Waals surface area contributed by atoms with Crippen LogP contribution in [0.15, 0.2) is 0 Å². The van der Waals surface area contributed by atoms with Crippen LogP contribution in [-0.4, -0.2) is 19.8 Å². The van der Waals surface area contributed by atoms with E-state index in [4.69, 9.17) is 14.3 Å². The van der Waals surface area contributed by atoms with Crippen molar-refractivity contribution < 1.29 is 28.2 Å². The highest BCUT2D eigenvalue weighted by Crippen LogP contribution is 2.49. The predicted molar refractivity (Wildman–Crippen MR) is 63.1 cm³/mol. The fourth-order valence-electron chi connectivity index (χ4n) is 0.824. The van der Waals surface area contributed by atoms with E-state index >= 15 is 0 Å². The monoisotopic (exact) mass is 270 g/mol. The zero-order valence-electron chi connectivity index (χ0n) is 10.8. The number of hydrogen-bond acceptors (Lipinski definition) is 6. The first-order chi connectivity index (χ1) is 8.18. The normalized spacial score (nSPS) is 11.9. The first-order valence-corrected chi connectivity index (χ1v) is 7.51. The Bertz CT molecular complexity index is 195. The van der Waals surface area contributed by atoms with Crippen molar-refractivity contribution in [1.82, 2.24) is 0 Å². The molecule has 7 heteroatoms. The smallest absolute Gasteiger partial charge is 0.284 e. The van der Waals surface area contributed by atoms with Crippen molar-refractivity contribution in [3.8, 4) is 0 Å². The van der Waals surface area contributed by atoms with E-state index in [1.807, 2.05) is 13.8 Å². The van der Waals surface area contributed by atoms with E-state index in [1.165, 1.54) is 0 Å². The van der Waals surface area contributed by atoms with Gasteiger partial charge in [-0.2, -0.15) is 0 Å². The topological polar surface area (TPSA) is 63.2 Å². The zero-order valence-corrected chi connectivity index (χ0v) is 11.7. The minimum Gasteiger partial charge on any atom is -0.284 e. The molecule has 0 atom stereocenters. The molecular formula is C10H23O6P. The second kappa shape index (κ2) is 11.1. The summed E-state index contributed by atoms with van der Waals surface area (Å²) in [5.41, 5.74) is 0. The molecule has 0 rings (SSSR count). The van der Waals surface area contributed by atoms with Gasteiger partial charge in [-0.15, -0.1) is 9.35 Å². The average molecular weight is 270 g/mol. The van der Waals surface area contributed by atoms with Crippen molar-refractivity contribution in [2.75, 3.05) is 19.8 Å². The Morgan fingerprint density at radius 1 is 0.882 bits per heavy atom. The third-order valence-electron chi connectivity index (χ3n) is 1.74. The first kappa shape index (κ1) is 17.0. The van der Waals surface area contributed by atoms with E-state index in [-0.39, 0.29) is 6.61 Å². The largest absolute Gasteiger partial charge is 0.529 e. The molecule has 0 unspecified atom stereocenters. The third-order valence-corrected chi connectivity index (χ3v) is 2.89. The SMILES string of the molecule is CCCCOOP(=O)(OCC)OOCCCC. The van der Waals surface area contributed by atoms with Gasteiger partial charge in [-0.1, -0.05) is 26.7 Å². The van der Waals surface area contributed by atoms with E-state index in [1.54, 1.807) is 6.92 Å². The van der Waals surface area contributed by atoms with E-state index < -0.39 is 7.82 Å². The molecule has 0 amide bonds. The zero-order chi connectivity index (χ0) is 13.0. The van der Waals surface area contributed by atoms with Crippen molar-refractivity contribution in [2.24, 2.45) is 0 Å². The Labute approximate surface area is 103 Å². The van der Waals surface area contributed by atoms with Crippen molar-refractivity contribution in [2.45, 2.75) is 46.5 Å². The van der Waals surface area contributed by atoms with Gasteiger partial charge in [0.05, 0.1) is 19.8 Å². The summed E-state index contributed by atoms with van der Waals surface area (Å²) in [6.45, 7) is 6.56. The maximum Gasteiger partial charge on any atom is 0.529 e. The Morgan fingerprint density at radius 2 is 1.35 bits per heavy atom. The molecule has 17 heavy (non-hydrogen) atoms. The molecule has 0 fully saturated rings. The summed E-state index contributed by atoms with van der Waals surface area (Å²) < 4.78 is 26.0. The van der Waals surface area contributed by atoms with E-state index in [0.717, 1.165) is 25.7 Å². The minimum absolute atomic E-state index is 0.186. The molecule has 0 saturated heterocycles. The van der Waals surface area contributed by atoms with Gasteiger partial charge in [0.1, 0.15) is 0 Å². The van der Waals surface area contributed by atoms with Crippen LogP contribution in [0.2, 0.25) is 0 Å². The summed E-state index contributed by atoms with van der Waals surface area (Å²) in [4.78, 5) is 9.51. The molecule has 6 nitrogen and oxygen atoms in total. The maximum absolute atomic E-state index is 11.8. The molecule has 0 spiro atoms. The van der Waals surface area contributed by atoms with Gasteiger partial charge in [0, 0.05) is 0 Å². The maximum atomic E-state index is 11.8. The lowest BCUT2D eigenvalue weighted by molar-refractivity contribution is -0.282. The summed E-state index contributed by atoms with van der Waals surface area (Å²) in [6.07, 6.45) is 3.53. The molecular weight excluding hydrogens is 247 g/mol. The van der Waals surface area contributed by atoms with Crippen LogP contribution in [0.5, 0.6) is 0 Å². The van der Waals surface area contributed by atoms with E-state index in [0.29, 0.717) is 13.2 Å². The average Bonchev–Trinajstić information content (AvgIpc) is 2.31. The minimum atomic E-state index is -3.74. The van der Waals surface area contributed by atoms with Crippen LogP contribution in [0, 0.1) is 0 Å². The van der Waals surface area contributed by atoms with Gasteiger partial charge in [0.2, 0.25) is 0 Å². The summed E-state index contributed by atoms with van der Waals surface area (Å²) in [6, 6.07) is 0. The van der Waals surface area contributed by atoms with Crippen molar-refractivity contribution >= 4 is 7.82 Å². The predicted octanol–water partition coefficient (Wildman–Crippen LogP) is 3.63. The van der Waals surface area contributed by atoms with Crippen molar-refractivity contribution in [3.63, 3.8) is 0 Å². The quantitative estimate of drug-likeness (QED) is 0.233. The highest BCUT2D eigenvalue weighted by Gasteiger charge is 2.29. The second-order valence-electron chi connectivity index (χ2n) is 3.37. The van der Waals surface area contributed by atoms with Crippen molar-refractivity contribution in [3.05, 3.63) is 0 Å². The molecule has 0 bridgehead atoms. The molecule has 0 saturated carbocycles. The molecule has 0 N–H and O–H groups in total. The Morgan fingerprint density at radius 3 is 1.71 bits per heavy atom. The molecule has 0 aliphatic carbocycles. The van der Waals surface area contributed by atoms with Gasteiger partial charge in [-0.25, -0.2) is 14.3 Å². The van der Waals surface area contributed by atoms with Gasteiger partial charge in [0.25, 0.3) is 0 Å². The van der Waals surface area contributed by atoms with Crippen LogP contribution >= 0.6 is 7.82 Å². The lowest BCUT2D eigenvalue weighted by atomic mass is 10.4. The highest BCUT2D eigenvalue weighted by atomic mass is 31.2. The first-order valence-electron chi connectivity index (χ1n) is 6.05. The lowest BCUT2D eigenvalue weighted by Gasteiger charge is -2.14. The third kappa shape index (κ3) is 9.71. The second-order valence-corrected chi connectivity index (χ2v) is 4.82. The van der Waals surface area contributed by atoms with E-state index in [9.17, 15) is 4.57 Å². The Kier molecular flexibility index (Phi) is 11.2. The van der Waals surface area contributed by atoms with Crippen LogP contribution in [0.1, 0.15) is 46.5 Å². The molecule has 0 aromatic rings. The van der Waals surface area contributed by atoms with Gasteiger partial charge in [-0.05, 0) is 19.8 Å². The number of hydrogen-bond donors (Lipinski definition) is 0. The number of unbranched alkanes of at least 4 members (excludes halogenated alkanes) is 2. The molecule has 0 aromatic heterocycles. The molecule has 0 aliphatic heterocycles. The summed E-state index contributed by atoms with van der Waals surface area (Å²) in [5, 5.41) is 0. The fourth-order valence-corrected chi connectivity index (χ4v) is 1.66. The summed E-state index contributed by atoms with van der Waals surface area (Å²) in [5.74, 6) is 0. The van der Waals surface area contributed by atoms with Gasteiger partial charge in [0.15, 0.2) is 0 Å². The van der Waals surface area contributed by atoms with Gasteiger partial charge < -0.3 is 0 Å².